The Bertz CT molecular complexity index is 632. The number of hydrogen-bond donors (Lipinski definition) is 0. The van der Waals surface area contributed by atoms with Crippen LogP contribution >= 0.6 is 0 Å². The molecule has 2 aliphatic heterocycles. The Morgan fingerprint density at radius 3 is 2.61 bits per heavy atom. The lowest BCUT2D eigenvalue weighted by molar-refractivity contribution is 0.0981. The first-order valence-corrected chi connectivity index (χ1v) is 8.47. The monoisotopic (exact) mass is 309 g/mol. The topological polar surface area (TPSA) is 45.2 Å². The van der Waals surface area contributed by atoms with Crippen molar-refractivity contribution in [3.05, 3.63) is 48.5 Å². The normalized spacial score (nSPS) is 25.1. The third-order valence-corrected chi connectivity index (χ3v) is 5.13. The Morgan fingerprint density at radius 1 is 0.913 bits per heavy atom. The highest BCUT2D eigenvalue weighted by atomic mass is 15.3. The van der Waals surface area contributed by atoms with E-state index in [-0.39, 0.29) is 0 Å². The molecule has 0 N–H and O–H groups in total. The highest BCUT2D eigenvalue weighted by Crippen LogP contribution is 2.40. The van der Waals surface area contributed by atoms with Gasteiger partial charge in [-0.05, 0) is 44.0 Å². The summed E-state index contributed by atoms with van der Waals surface area (Å²) in [4.78, 5) is 18.2. The maximum atomic E-state index is 4.48. The number of piperidine rings is 1. The van der Waals surface area contributed by atoms with Crippen LogP contribution in [-0.2, 0) is 6.54 Å². The van der Waals surface area contributed by atoms with Gasteiger partial charge in [0.2, 0.25) is 5.95 Å². The molecule has 2 saturated heterocycles. The van der Waals surface area contributed by atoms with Gasteiger partial charge in [0, 0.05) is 50.2 Å². The fourth-order valence-electron chi connectivity index (χ4n) is 4.06. The van der Waals surface area contributed by atoms with Gasteiger partial charge in [-0.1, -0.05) is 6.07 Å². The van der Waals surface area contributed by atoms with Gasteiger partial charge in [-0.25, -0.2) is 9.97 Å². The van der Waals surface area contributed by atoms with E-state index < -0.39 is 0 Å². The van der Waals surface area contributed by atoms with Gasteiger partial charge in [0.05, 0.1) is 5.69 Å². The summed E-state index contributed by atoms with van der Waals surface area (Å²) < 4.78 is 0. The van der Waals surface area contributed by atoms with Crippen LogP contribution in [0.5, 0.6) is 0 Å². The number of hydrogen-bond acceptors (Lipinski definition) is 5. The Balaban J connectivity index is 1.43. The molecule has 2 aliphatic rings. The van der Waals surface area contributed by atoms with Crippen LogP contribution in [-0.4, -0.2) is 46.0 Å². The molecule has 1 spiro atoms. The molecule has 0 bridgehead atoms. The molecule has 4 rings (SSSR count). The van der Waals surface area contributed by atoms with Crippen molar-refractivity contribution in [2.45, 2.75) is 25.8 Å². The van der Waals surface area contributed by atoms with E-state index in [2.05, 4.69) is 36.9 Å². The smallest absolute Gasteiger partial charge is 0.225 e. The van der Waals surface area contributed by atoms with Crippen LogP contribution in [0, 0.1) is 5.41 Å². The van der Waals surface area contributed by atoms with E-state index in [0.29, 0.717) is 5.41 Å². The minimum absolute atomic E-state index is 0.395. The molecule has 2 aromatic heterocycles. The third kappa shape index (κ3) is 3.20. The molecule has 4 heterocycles. The van der Waals surface area contributed by atoms with E-state index in [0.717, 1.165) is 32.1 Å². The lowest BCUT2D eigenvalue weighted by Crippen LogP contribution is -2.44. The summed E-state index contributed by atoms with van der Waals surface area (Å²) in [7, 11) is 0. The first kappa shape index (κ1) is 14.6. The SMILES string of the molecule is c1ccc(CN2CCCC3(CCN(c4ncccn4)C3)C2)nc1. The van der Waals surface area contributed by atoms with Crippen LogP contribution in [0.15, 0.2) is 42.9 Å². The van der Waals surface area contributed by atoms with E-state index in [1.807, 2.05) is 30.7 Å². The van der Waals surface area contributed by atoms with Gasteiger partial charge < -0.3 is 4.90 Å². The number of likely N-dealkylation sites (tertiary alicyclic amines) is 1. The molecule has 0 radical (unpaired) electrons. The highest BCUT2D eigenvalue weighted by molar-refractivity contribution is 5.32. The molecule has 1 unspecified atom stereocenters. The molecule has 2 aromatic rings. The Labute approximate surface area is 137 Å². The van der Waals surface area contributed by atoms with E-state index in [4.69, 9.17) is 0 Å². The van der Waals surface area contributed by atoms with Crippen LogP contribution in [0.2, 0.25) is 0 Å². The summed E-state index contributed by atoms with van der Waals surface area (Å²) in [5.41, 5.74) is 1.57. The van der Waals surface area contributed by atoms with Gasteiger partial charge in [-0.3, -0.25) is 9.88 Å². The second-order valence-corrected chi connectivity index (χ2v) is 6.86. The van der Waals surface area contributed by atoms with Crippen molar-refractivity contribution < 1.29 is 0 Å². The third-order valence-electron chi connectivity index (χ3n) is 5.13. The Kier molecular flexibility index (Phi) is 3.95. The molecule has 0 saturated carbocycles. The maximum Gasteiger partial charge on any atom is 0.225 e. The lowest BCUT2D eigenvalue weighted by atomic mass is 9.79. The van der Waals surface area contributed by atoms with Crippen LogP contribution in [0.4, 0.5) is 5.95 Å². The predicted octanol–water partition coefficient (Wildman–Crippen LogP) is 2.36. The molecule has 1 atom stereocenters. The van der Waals surface area contributed by atoms with Crippen LogP contribution < -0.4 is 4.90 Å². The Hall–Kier alpha value is -2.01. The molecule has 120 valence electrons. The molecule has 0 amide bonds. The molecular formula is C18H23N5. The minimum atomic E-state index is 0.395. The first-order valence-electron chi connectivity index (χ1n) is 8.47. The van der Waals surface area contributed by atoms with Crippen molar-refractivity contribution in [2.24, 2.45) is 5.41 Å². The summed E-state index contributed by atoms with van der Waals surface area (Å²) in [6, 6.07) is 8.06. The predicted molar refractivity (Wildman–Crippen MR) is 90.0 cm³/mol. The minimum Gasteiger partial charge on any atom is -0.340 e. The number of anilines is 1. The van der Waals surface area contributed by atoms with Crippen LogP contribution in [0.1, 0.15) is 25.0 Å². The largest absolute Gasteiger partial charge is 0.340 e. The molecule has 0 aromatic carbocycles. The fraction of sp³-hybridized carbons (Fsp3) is 0.500. The second-order valence-electron chi connectivity index (χ2n) is 6.86. The van der Waals surface area contributed by atoms with Crippen molar-refractivity contribution in [3.8, 4) is 0 Å². The van der Waals surface area contributed by atoms with Crippen molar-refractivity contribution in [3.63, 3.8) is 0 Å². The van der Waals surface area contributed by atoms with Gasteiger partial charge in [0.15, 0.2) is 0 Å². The molecule has 23 heavy (non-hydrogen) atoms. The highest BCUT2D eigenvalue weighted by Gasteiger charge is 2.42. The number of aromatic nitrogens is 3. The summed E-state index contributed by atoms with van der Waals surface area (Å²) >= 11 is 0. The number of pyridine rings is 1. The van der Waals surface area contributed by atoms with Gasteiger partial charge in [0.25, 0.3) is 0 Å². The Morgan fingerprint density at radius 2 is 1.78 bits per heavy atom. The van der Waals surface area contributed by atoms with Gasteiger partial charge in [0.1, 0.15) is 0 Å². The number of nitrogens with zero attached hydrogens (tertiary/aromatic N) is 5. The van der Waals surface area contributed by atoms with Gasteiger partial charge in [-0.2, -0.15) is 0 Å². The van der Waals surface area contributed by atoms with Crippen LogP contribution in [0.25, 0.3) is 0 Å². The zero-order chi connectivity index (χ0) is 15.5. The zero-order valence-corrected chi connectivity index (χ0v) is 13.4. The average Bonchev–Trinajstić information content (AvgIpc) is 3.00. The fourth-order valence-corrected chi connectivity index (χ4v) is 4.06. The summed E-state index contributed by atoms with van der Waals surface area (Å²) in [5, 5.41) is 0. The molecule has 2 fully saturated rings. The second kappa shape index (κ2) is 6.24. The summed E-state index contributed by atoms with van der Waals surface area (Å²) in [6.07, 6.45) is 9.39. The molecule has 5 nitrogen and oxygen atoms in total. The van der Waals surface area contributed by atoms with E-state index in [1.54, 1.807) is 0 Å². The summed E-state index contributed by atoms with van der Waals surface area (Å²) in [6.45, 7) is 5.45. The van der Waals surface area contributed by atoms with Crippen molar-refractivity contribution in [1.29, 1.82) is 0 Å². The van der Waals surface area contributed by atoms with E-state index in [9.17, 15) is 0 Å². The van der Waals surface area contributed by atoms with Crippen molar-refractivity contribution in [1.82, 2.24) is 19.9 Å². The average molecular weight is 309 g/mol. The van der Waals surface area contributed by atoms with E-state index in [1.165, 1.54) is 31.5 Å². The van der Waals surface area contributed by atoms with E-state index >= 15 is 0 Å². The first-order chi connectivity index (χ1) is 11.3. The maximum absolute atomic E-state index is 4.48. The molecule has 5 heteroatoms. The van der Waals surface area contributed by atoms with Gasteiger partial charge >= 0.3 is 0 Å². The standard InChI is InChI=1S/C18H23N5/c1-2-8-19-16(5-1)13-22-11-3-6-18(14-22)7-12-23(15-18)17-20-9-4-10-21-17/h1-2,4-5,8-10H,3,6-7,11-15H2. The summed E-state index contributed by atoms with van der Waals surface area (Å²) in [5.74, 6) is 0.881. The molecular weight excluding hydrogens is 286 g/mol. The lowest BCUT2D eigenvalue weighted by Gasteiger charge is -2.40. The quantitative estimate of drug-likeness (QED) is 0.871. The van der Waals surface area contributed by atoms with Crippen molar-refractivity contribution in [2.75, 3.05) is 31.1 Å². The molecule has 0 aliphatic carbocycles. The van der Waals surface area contributed by atoms with Crippen molar-refractivity contribution >= 4 is 5.95 Å². The number of rotatable bonds is 3. The van der Waals surface area contributed by atoms with Crippen LogP contribution in [0.3, 0.4) is 0 Å². The zero-order valence-electron chi connectivity index (χ0n) is 13.4. The van der Waals surface area contributed by atoms with Gasteiger partial charge in [-0.15, -0.1) is 0 Å².